The van der Waals surface area contributed by atoms with E-state index < -0.39 is 13.4 Å². The zero-order valence-corrected chi connectivity index (χ0v) is 15.4. The lowest BCUT2D eigenvalue weighted by atomic mass is 10.2. The van der Waals surface area contributed by atoms with Gasteiger partial charge in [-0.15, -0.1) is 0 Å². The zero-order chi connectivity index (χ0) is 16.0. The second kappa shape index (κ2) is 8.44. The number of halogens is 1. The second-order valence-electron chi connectivity index (χ2n) is 5.84. The molecule has 0 amide bonds. The number of aliphatic hydroxyl groups excluding tert-OH is 1. The maximum Gasteiger partial charge on any atom is 0.363 e. The van der Waals surface area contributed by atoms with E-state index in [-0.39, 0.29) is 25.0 Å². The van der Waals surface area contributed by atoms with Crippen molar-refractivity contribution in [3.8, 4) is 0 Å². The molecule has 1 aromatic rings. The number of rotatable bonds is 8. The van der Waals surface area contributed by atoms with Crippen LogP contribution in [0.15, 0.2) is 28.7 Å². The molecule has 0 aromatic heterocycles. The van der Waals surface area contributed by atoms with Gasteiger partial charge < -0.3 is 14.2 Å². The van der Waals surface area contributed by atoms with Crippen molar-refractivity contribution in [3.05, 3.63) is 34.3 Å². The Morgan fingerprint density at radius 1 is 1.05 bits per heavy atom. The Bertz CT molecular complexity index is 457. The summed E-state index contributed by atoms with van der Waals surface area (Å²) in [5.41, 5.74) is 0.522. The van der Waals surface area contributed by atoms with Gasteiger partial charge in [0, 0.05) is 4.47 Å². The van der Waals surface area contributed by atoms with E-state index in [9.17, 15) is 9.67 Å². The molecule has 0 saturated heterocycles. The summed E-state index contributed by atoms with van der Waals surface area (Å²) in [7, 11) is -3.61. The van der Waals surface area contributed by atoms with Crippen molar-refractivity contribution >= 4 is 23.5 Å². The monoisotopic (exact) mass is 378 g/mol. The standard InChI is InChI=1S/C15H24BrO4P/c1-11(2)9-19-21(18,20-10-12(3)4)15(17)13-5-7-14(16)8-6-13/h5-8,11-12,15,17H,9-10H2,1-4H3. The Balaban J connectivity index is 2.92. The molecule has 6 heteroatoms. The third kappa shape index (κ3) is 6.21. The molecule has 21 heavy (non-hydrogen) atoms. The number of hydrogen-bond donors (Lipinski definition) is 1. The fourth-order valence-corrected chi connectivity index (χ4v) is 3.67. The molecular formula is C15H24BrO4P. The predicted octanol–water partition coefficient (Wildman–Crippen LogP) is 4.98. The topological polar surface area (TPSA) is 55.8 Å². The fourth-order valence-electron chi connectivity index (χ4n) is 1.50. The SMILES string of the molecule is CC(C)COP(=O)(OCC(C)C)C(O)c1ccc(Br)cc1. The summed E-state index contributed by atoms with van der Waals surface area (Å²) in [6.07, 6.45) is 0. The lowest BCUT2D eigenvalue weighted by molar-refractivity contribution is 0.124. The summed E-state index contributed by atoms with van der Waals surface area (Å²) in [5.74, 6) is -0.862. The fraction of sp³-hybridized carbons (Fsp3) is 0.600. The van der Waals surface area contributed by atoms with Crippen molar-refractivity contribution in [3.63, 3.8) is 0 Å². The van der Waals surface area contributed by atoms with E-state index in [0.717, 1.165) is 4.47 Å². The predicted molar refractivity (Wildman–Crippen MR) is 88.3 cm³/mol. The largest absolute Gasteiger partial charge is 0.376 e. The molecule has 0 aliphatic carbocycles. The maximum atomic E-state index is 12.9. The molecule has 0 spiro atoms. The van der Waals surface area contributed by atoms with E-state index in [0.29, 0.717) is 5.56 Å². The molecular weight excluding hydrogens is 355 g/mol. The third-order valence-corrected chi connectivity index (χ3v) is 5.09. The molecule has 1 N–H and O–H groups in total. The summed E-state index contributed by atoms with van der Waals surface area (Å²) in [6.45, 7) is 8.39. The minimum atomic E-state index is -3.61. The van der Waals surface area contributed by atoms with Gasteiger partial charge in [-0.2, -0.15) is 0 Å². The summed E-state index contributed by atoms with van der Waals surface area (Å²) in [6, 6.07) is 6.99. The highest BCUT2D eigenvalue weighted by molar-refractivity contribution is 9.10. The quantitative estimate of drug-likeness (QED) is 0.648. The molecule has 0 heterocycles. The average molecular weight is 379 g/mol. The molecule has 0 saturated carbocycles. The number of aliphatic hydroxyl groups is 1. The van der Waals surface area contributed by atoms with Crippen molar-refractivity contribution in [2.24, 2.45) is 11.8 Å². The van der Waals surface area contributed by atoms with Gasteiger partial charge in [-0.3, -0.25) is 4.57 Å². The first kappa shape index (κ1) is 18.9. The van der Waals surface area contributed by atoms with Crippen molar-refractivity contribution in [2.75, 3.05) is 13.2 Å². The van der Waals surface area contributed by atoms with Crippen LogP contribution in [0.1, 0.15) is 39.1 Å². The molecule has 4 nitrogen and oxygen atoms in total. The Morgan fingerprint density at radius 2 is 1.48 bits per heavy atom. The first-order valence-electron chi connectivity index (χ1n) is 7.07. The molecule has 0 fully saturated rings. The van der Waals surface area contributed by atoms with Gasteiger partial charge in [-0.05, 0) is 29.5 Å². The van der Waals surface area contributed by atoms with Gasteiger partial charge in [0.1, 0.15) is 0 Å². The summed E-state index contributed by atoms with van der Waals surface area (Å²) < 4.78 is 24.7. The van der Waals surface area contributed by atoms with E-state index in [1.54, 1.807) is 24.3 Å². The highest BCUT2D eigenvalue weighted by Gasteiger charge is 2.36. The van der Waals surface area contributed by atoms with E-state index >= 15 is 0 Å². The van der Waals surface area contributed by atoms with Crippen LogP contribution in [0.5, 0.6) is 0 Å². The van der Waals surface area contributed by atoms with Gasteiger partial charge in [0.25, 0.3) is 0 Å². The minimum absolute atomic E-state index is 0.207. The van der Waals surface area contributed by atoms with Crippen LogP contribution in [0, 0.1) is 11.8 Å². The Morgan fingerprint density at radius 3 is 1.86 bits per heavy atom. The maximum absolute atomic E-state index is 12.9. The van der Waals surface area contributed by atoms with Gasteiger partial charge in [0.15, 0.2) is 5.85 Å². The van der Waals surface area contributed by atoms with Crippen molar-refractivity contribution in [2.45, 2.75) is 33.5 Å². The van der Waals surface area contributed by atoms with Crippen molar-refractivity contribution in [1.82, 2.24) is 0 Å². The van der Waals surface area contributed by atoms with Crippen LogP contribution in [0.4, 0.5) is 0 Å². The van der Waals surface area contributed by atoms with Gasteiger partial charge in [-0.25, -0.2) is 0 Å². The Kier molecular flexibility index (Phi) is 7.58. The number of hydrogen-bond acceptors (Lipinski definition) is 4. The van der Waals surface area contributed by atoms with Crippen LogP contribution in [0.2, 0.25) is 0 Å². The molecule has 1 aromatic carbocycles. The Labute approximate surface area is 135 Å². The average Bonchev–Trinajstić information content (AvgIpc) is 2.43. The van der Waals surface area contributed by atoms with Gasteiger partial charge >= 0.3 is 7.60 Å². The summed E-state index contributed by atoms with van der Waals surface area (Å²) in [5, 5.41) is 10.4. The third-order valence-electron chi connectivity index (χ3n) is 2.64. The van der Waals surface area contributed by atoms with Gasteiger partial charge in [0.05, 0.1) is 13.2 Å². The van der Waals surface area contributed by atoms with E-state index in [1.807, 2.05) is 27.7 Å². The van der Waals surface area contributed by atoms with Crippen molar-refractivity contribution in [1.29, 1.82) is 0 Å². The lowest BCUT2D eigenvalue weighted by Crippen LogP contribution is -2.11. The van der Waals surface area contributed by atoms with E-state index in [4.69, 9.17) is 9.05 Å². The van der Waals surface area contributed by atoms with Crippen LogP contribution < -0.4 is 0 Å². The Hall–Kier alpha value is -0.190. The second-order valence-corrected chi connectivity index (χ2v) is 8.85. The first-order valence-corrected chi connectivity index (χ1v) is 9.47. The van der Waals surface area contributed by atoms with Gasteiger partial charge in [-0.1, -0.05) is 55.8 Å². The van der Waals surface area contributed by atoms with Crippen LogP contribution in [0.25, 0.3) is 0 Å². The first-order chi connectivity index (χ1) is 9.74. The normalized spacial score (nSPS) is 13.9. The van der Waals surface area contributed by atoms with Crippen molar-refractivity contribution < 1.29 is 18.7 Å². The molecule has 0 radical (unpaired) electrons. The smallest absolute Gasteiger partial charge is 0.363 e. The van der Waals surface area contributed by atoms with Crippen LogP contribution in [0.3, 0.4) is 0 Å². The van der Waals surface area contributed by atoms with Crippen LogP contribution >= 0.6 is 23.5 Å². The molecule has 1 rings (SSSR count). The zero-order valence-electron chi connectivity index (χ0n) is 13.0. The van der Waals surface area contributed by atoms with E-state index in [2.05, 4.69) is 15.9 Å². The molecule has 0 aliphatic heterocycles. The van der Waals surface area contributed by atoms with E-state index in [1.165, 1.54) is 0 Å². The van der Waals surface area contributed by atoms with Crippen LogP contribution in [-0.4, -0.2) is 18.3 Å². The minimum Gasteiger partial charge on any atom is -0.376 e. The highest BCUT2D eigenvalue weighted by Crippen LogP contribution is 2.60. The molecule has 1 atom stereocenters. The summed E-state index contributed by atoms with van der Waals surface area (Å²) >= 11 is 3.33. The summed E-state index contributed by atoms with van der Waals surface area (Å²) in [4.78, 5) is 0. The molecule has 120 valence electrons. The van der Waals surface area contributed by atoms with Gasteiger partial charge in [0.2, 0.25) is 0 Å². The molecule has 1 unspecified atom stereocenters. The lowest BCUT2D eigenvalue weighted by Gasteiger charge is -2.25. The molecule has 0 aliphatic rings. The highest BCUT2D eigenvalue weighted by atomic mass is 79.9. The number of benzene rings is 1. The molecule has 0 bridgehead atoms. The van der Waals surface area contributed by atoms with Crippen LogP contribution in [-0.2, 0) is 13.6 Å².